The molecule has 7 nitrogen and oxygen atoms in total. The minimum absolute atomic E-state index is 0.243. The first-order chi connectivity index (χ1) is 14.9. The molecule has 1 saturated heterocycles. The molecule has 2 heterocycles. The molecular formula is C23H28N4O3S. The Hall–Kier alpha value is -2.55. The Morgan fingerprint density at radius 1 is 1.13 bits per heavy atom. The number of hydrogen-bond acceptors (Lipinski definition) is 6. The molecule has 0 spiro atoms. The highest BCUT2D eigenvalue weighted by molar-refractivity contribution is 7.89. The molecule has 1 fully saturated rings. The zero-order valence-electron chi connectivity index (χ0n) is 17.9. The van der Waals surface area contributed by atoms with E-state index in [0.717, 1.165) is 42.6 Å². The van der Waals surface area contributed by atoms with Crippen molar-refractivity contribution in [2.75, 3.05) is 19.6 Å². The Morgan fingerprint density at radius 3 is 2.68 bits per heavy atom. The van der Waals surface area contributed by atoms with Gasteiger partial charge in [-0.25, -0.2) is 13.1 Å². The van der Waals surface area contributed by atoms with Gasteiger partial charge in [0.1, 0.15) is 0 Å². The van der Waals surface area contributed by atoms with Crippen molar-refractivity contribution >= 4 is 10.0 Å². The SMILES string of the molecule is Cc1ccc(S(=O)(=O)NCC2CCCN(Cc3nc(-c4ccccc4C)no3)C2)cc1. The van der Waals surface area contributed by atoms with Gasteiger partial charge in [0.2, 0.25) is 21.7 Å². The van der Waals surface area contributed by atoms with Crippen molar-refractivity contribution in [1.82, 2.24) is 19.8 Å². The van der Waals surface area contributed by atoms with Gasteiger partial charge in [-0.05, 0) is 56.8 Å². The molecule has 4 rings (SSSR count). The molecule has 0 saturated carbocycles. The predicted molar refractivity (Wildman–Crippen MR) is 119 cm³/mol. The summed E-state index contributed by atoms with van der Waals surface area (Å²) in [6.45, 7) is 6.68. The monoisotopic (exact) mass is 440 g/mol. The van der Waals surface area contributed by atoms with Crippen LogP contribution in [0.4, 0.5) is 0 Å². The molecule has 1 atom stereocenters. The van der Waals surface area contributed by atoms with Gasteiger partial charge in [0.15, 0.2) is 0 Å². The predicted octanol–water partition coefficient (Wildman–Crippen LogP) is 3.54. The molecule has 0 amide bonds. The summed E-state index contributed by atoms with van der Waals surface area (Å²) in [6.07, 6.45) is 2.00. The van der Waals surface area contributed by atoms with Crippen LogP contribution >= 0.6 is 0 Å². The number of nitrogens with one attached hydrogen (secondary N) is 1. The van der Waals surface area contributed by atoms with Gasteiger partial charge in [0, 0.05) is 18.7 Å². The maximum absolute atomic E-state index is 12.6. The lowest BCUT2D eigenvalue weighted by molar-refractivity contribution is 0.151. The fourth-order valence-electron chi connectivity index (χ4n) is 3.93. The van der Waals surface area contributed by atoms with Crippen LogP contribution in [0.1, 0.15) is 29.9 Å². The first kappa shape index (κ1) is 21.7. The molecule has 3 aromatic rings. The fraction of sp³-hybridized carbons (Fsp3) is 0.391. The molecule has 0 radical (unpaired) electrons. The van der Waals surface area contributed by atoms with Gasteiger partial charge in [-0.2, -0.15) is 4.98 Å². The molecule has 0 bridgehead atoms. The van der Waals surface area contributed by atoms with Crippen molar-refractivity contribution in [3.05, 3.63) is 65.5 Å². The lowest BCUT2D eigenvalue weighted by Crippen LogP contribution is -2.40. The van der Waals surface area contributed by atoms with Crippen LogP contribution in [-0.2, 0) is 16.6 Å². The molecular weight excluding hydrogens is 412 g/mol. The summed E-state index contributed by atoms with van der Waals surface area (Å²) in [4.78, 5) is 7.12. The summed E-state index contributed by atoms with van der Waals surface area (Å²) in [6, 6.07) is 14.9. The Labute approximate surface area is 183 Å². The van der Waals surface area contributed by atoms with Crippen molar-refractivity contribution in [3.8, 4) is 11.4 Å². The van der Waals surface area contributed by atoms with E-state index in [2.05, 4.69) is 19.8 Å². The topological polar surface area (TPSA) is 88.3 Å². The third-order valence-electron chi connectivity index (χ3n) is 5.71. The number of piperidine rings is 1. The van der Waals surface area contributed by atoms with Crippen LogP contribution in [0, 0.1) is 19.8 Å². The smallest absolute Gasteiger partial charge is 0.241 e. The number of benzene rings is 2. The van der Waals surface area contributed by atoms with Crippen LogP contribution in [0.2, 0.25) is 0 Å². The standard InChI is InChI=1S/C23H28N4O3S/c1-17-9-11-20(12-10-17)31(28,29)24-14-19-7-5-13-27(15-19)16-22-25-23(26-30-22)21-8-4-3-6-18(21)2/h3-4,6,8-12,19,24H,5,7,13-16H2,1-2H3. The number of rotatable bonds is 7. The van der Waals surface area contributed by atoms with E-state index in [-0.39, 0.29) is 5.92 Å². The third kappa shape index (κ3) is 5.39. The molecule has 31 heavy (non-hydrogen) atoms. The summed E-state index contributed by atoms with van der Waals surface area (Å²) in [7, 11) is -3.49. The maximum Gasteiger partial charge on any atom is 0.241 e. The van der Waals surface area contributed by atoms with E-state index in [1.54, 1.807) is 12.1 Å². The first-order valence-electron chi connectivity index (χ1n) is 10.6. The van der Waals surface area contributed by atoms with Crippen molar-refractivity contribution in [3.63, 3.8) is 0 Å². The van der Waals surface area contributed by atoms with Crippen LogP contribution in [-0.4, -0.2) is 43.1 Å². The highest BCUT2D eigenvalue weighted by Gasteiger charge is 2.24. The highest BCUT2D eigenvalue weighted by Crippen LogP contribution is 2.22. The van der Waals surface area contributed by atoms with Crippen molar-refractivity contribution in [2.24, 2.45) is 5.92 Å². The van der Waals surface area contributed by atoms with Crippen molar-refractivity contribution in [1.29, 1.82) is 0 Å². The summed E-state index contributed by atoms with van der Waals surface area (Å²) in [5, 5.41) is 4.14. The van der Waals surface area contributed by atoms with E-state index < -0.39 is 10.0 Å². The number of sulfonamides is 1. The quantitative estimate of drug-likeness (QED) is 0.605. The number of hydrogen-bond donors (Lipinski definition) is 1. The molecule has 164 valence electrons. The summed E-state index contributed by atoms with van der Waals surface area (Å²) < 4.78 is 33.4. The van der Waals surface area contributed by atoms with E-state index in [1.165, 1.54) is 0 Å². The second-order valence-electron chi connectivity index (χ2n) is 8.23. The highest BCUT2D eigenvalue weighted by atomic mass is 32.2. The number of likely N-dealkylation sites (tertiary alicyclic amines) is 1. The van der Waals surface area contributed by atoms with Gasteiger partial charge in [-0.3, -0.25) is 4.90 Å². The Balaban J connectivity index is 1.34. The Bertz CT molecular complexity index is 1130. The van der Waals surface area contributed by atoms with Crippen LogP contribution in [0.25, 0.3) is 11.4 Å². The minimum atomic E-state index is -3.49. The normalized spacial score (nSPS) is 17.7. The second-order valence-corrected chi connectivity index (χ2v) is 10.0. The number of aryl methyl sites for hydroxylation is 2. The first-order valence-corrected chi connectivity index (χ1v) is 12.1. The molecule has 1 unspecified atom stereocenters. The van der Waals surface area contributed by atoms with Gasteiger partial charge in [0.05, 0.1) is 11.4 Å². The zero-order valence-corrected chi connectivity index (χ0v) is 18.7. The van der Waals surface area contributed by atoms with Crippen molar-refractivity contribution < 1.29 is 12.9 Å². The molecule has 2 aromatic carbocycles. The maximum atomic E-state index is 12.6. The molecule has 8 heteroatoms. The third-order valence-corrected chi connectivity index (χ3v) is 7.15. The van der Waals surface area contributed by atoms with Crippen LogP contribution < -0.4 is 4.72 Å². The van der Waals surface area contributed by atoms with E-state index >= 15 is 0 Å². The van der Waals surface area contributed by atoms with Crippen LogP contribution in [0.5, 0.6) is 0 Å². The van der Waals surface area contributed by atoms with Crippen molar-refractivity contribution in [2.45, 2.75) is 38.1 Å². The molecule has 1 N–H and O–H groups in total. The average Bonchev–Trinajstić information content (AvgIpc) is 3.21. The lowest BCUT2D eigenvalue weighted by Gasteiger charge is -2.31. The number of aromatic nitrogens is 2. The van der Waals surface area contributed by atoms with E-state index in [4.69, 9.17) is 4.52 Å². The second kappa shape index (κ2) is 9.30. The molecule has 1 aliphatic heterocycles. The molecule has 1 aliphatic rings. The van der Waals surface area contributed by atoms with Crippen LogP contribution in [0.3, 0.4) is 0 Å². The summed E-state index contributed by atoms with van der Waals surface area (Å²) in [5.74, 6) is 1.43. The average molecular weight is 441 g/mol. The Morgan fingerprint density at radius 2 is 1.90 bits per heavy atom. The van der Waals surface area contributed by atoms with Crippen LogP contribution in [0.15, 0.2) is 57.9 Å². The van der Waals surface area contributed by atoms with Gasteiger partial charge in [-0.1, -0.05) is 47.1 Å². The molecule has 0 aliphatic carbocycles. The van der Waals surface area contributed by atoms with E-state index in [0.29, 0.717) is 29.7 Å². The Kier molecular flexibility index (Phi) is 6.50. The largest absolute Gasteiger partial charge is 0.338 e. The van der Waals surface area contributed by atoms with E-state index in [1.807, 2.05) is 50.2 Å². The number of nitrogens with zero attached hydrogens (tertiary/aromatic N) is 3. The van der Waals surface area contributed by atoms with Gasteiger partial charge in [0.25, 0.3) is 0 Å². The van der Waals surface area contributed by atoms with E-state index in [9.17, 15) is 8.42 Å². The lowest BCUT2D eigenvalue weighted by atomic mass is 9.98. The zero-order chi connectivity index (χ0) is 21.8. The molecule has 1 aromatic heterocycles. The minimum Gasteiger partial charge on any atom is -0.338 e. The van der Waals surface area contributed by atoms with Gasteiger partial charge in [-0.15, -0.1) is 0 Å². The van der Waals surface area contributed by atoms with Gasteiger partial charge < -0.3 is 4.52 Å². The van der Waals surface area contributed by atoms with Gasteiger partial charge >= 0.3 is 0 Å². The summed E-state index contributed by atoms with van der Waals surface area (Å²) >= 11 is 0. The fourth-order valence-corrected chi connectivity index (χ4v) is 5.05. The summed E-state index contributed by atoms with van der Waals surface area (Å²) in [5.41, 5.74) is 3.11.